The molecule has 1 unspecified atom stereocenters. The van der Waals surface area contributed by atoms with Crippen molar-refractivity contribution in [2.24, 2.45) is 0 Å². The Morgan fingerprint density at radius 2 is 2.08 bits per heavy atom. The number of quaternary nitrogens is 1. The summed E-state index contributed by atoms with van der Waals surface area (Å²) >= 11 is 0. The van der Waals surface area contributed by atoms with Gasteiger partial charge in [-0.05, 0) is 17.2 Å². The van der Waals surface area contributed by atoms with Crippen molar-refractivity contribution in [2.45, 2.75) is 25.3 Å². The lowest BCUT2D eigenvalue weighted by molar-refractivity contribution is -0.914. The molecule has 0 amide bonds. The first-order valence-electron chi connectivity index (χ1n) is 9.04. The van der Waals surface area contributed by atoms with E-state index in [4.69, 9.17) is 14.2 Å². The van der Waals surface area contributed by atoms with Crippen LogP contribution in [0.25, 0.3) is 0 Å². The van der Waals surface area contributed by atoms with E-state index in [9.17, 15) is 4.79 Å². The van der Waals surface area contributed by atoms with Crippen LogP contribution >= 0.6 is 0 Å². The van der Waals surface area contributed by atoms with Crippen molar-refractivity contribution in [3.05, 3.63) is 53.1 Å². The Balaban J connectivity index is 1.64. The quantitative estimate of drug-likeness (QED) is 0.889. The first-order valence-corrected chi connectivity index (χ1v) is 9.04. The van der Waals surface area contributed by atoms with Crippen molar-refractivity contribution in [2.75, 3.05) is 27.5 Å². The van der Waals surface area contributed by atoms with E-state index in [1.165, 1.54) is 10.5 Å². The first-order chi connectivity index (χ1) is 12.7. The molecule has 4 rings (SSSR count). The lowest BCUT2D eigenvalue weighted by Crippen LogP contribution is -3.10. The second-order valence-corrected chi connectivity index (χ2v) is 7.02. The molecule has 0 aromatic heterocycles. The van der Waals surface area contributed by atoms with Gasteiger partial charge in [0, 0.05) is 12.8 Å². The van der Waals surface area contributed by atoms with Gasteiger partial charge in [0.05, 0.1) is 32.7 Å². The van der Waals surface area contributed by atoms with Gasteiger partial charge in [-0.15, -0.1) is 0 Å². The maximum atomic E-state index is 12.8. The minimum Gasteiger partial charge on any atom is -0.492 e. The summed E-state index contributed by atoms with van der Waals surface area (Å²) in [6.45, 7) is 1.20. The zero-order chi connectivity index (χ0) is 18.1. The molecule has 2 aliphatic heterocycles. The summed E-state index contributed by atoms with van der Waals surface area (Å²) in [4.78, 5) is 14.1. The standard InChI is InChI=1S/C21H23NO4/c1-22-9-8-15-11-18-20(26-13-25-18)21(24-2)19(15)17(22)12-16(23)10-14-6-4-3-5-7-14/h3-7,11,17H,8-10,12-13H2,1-2H3/p+1/t17-/m0/s1. The predicted octanol–water partition coefficient (Wildman–Crippen LogP) is 1.74. The van der Waals surface area contributed by atoms with Gasteiger partial charge in [-0.25, -0.2) is 0 Å². The van der Waals surface area contributed by atoms with Crippen molar-refractivity contribution in [1.82, 2.24) is 0 Å². The van der Waals surface area contributed by atoms with Gasteiger partial charge in [0.1, 0.15) is 11.8 Å². The molecular weight excluding hydrogens is 330 g/mol. The fraction of sp³-hybridized carbons (Fsp3) is 0.381. The van der Waals surface area contributed by atoms with Crippen LogP contribution < -0.4 is 19.1 Å². The molecule has 2 aliphatic rings. The summed E-state index contributed by atoms with van der Waals surface area (Å²) in [5.41, 5.74) is 3.36. The van der Waals surface area contributed by atoms with Crippen molar-refractivity contribution < 1.29 is 23.9 Å². The van der Waals surface area contributed by atoms with E-state index in [0.29, 0.717) is 18.6 Å². The van der Waals surface area contributed by atoms with Gasteiger partial charge in [0.25, 0.3) is 0 Å². The SMILES string of the molecule is COc1c2c(cc3c1[C@H](CC(=O)Cc1ccccc1)[NH+](C)CC3)OCO2. The maximum absolute atomic E-state index is 12.8. The zero-order valence-corrected chi connectivity index (χ0v) is 15.2. The molecule has 5 heteroatoms. The Kier molecular flexibility index (Phi) is 4.55. The minimum absolute atomic E-state index is 0.0689. The molecule has 2 atom stereocenters. The second-order valence-electron chi connectivity index (χ2n) is 7.02. The van der Waals surface area contributed by atoms with E-state index < -0.39 is 0 Å². The zero-order valence-electron chi connectivity index (χ0n) is 15.2. The van der Waals surface area contributed by atoms with Gasteiger partial charge in [-0.3, -0.25) is 4.79 Å². The molecule has 0 saturated carbocycles. The number of hydrogen-bond donors (Lipinski definition) is 1. The number of methoxy groups -OCH3 is 1. The average molecular weight is 354 g/mol. The van der Waals surface area contributed by atoms with Crippen LogP contribution in [0, 0.1) is 0 Å². The van der Waals surface area contributed by atoms with E-state index in [-0.39, 0.29) is 18.6 Å². The number of rotatable bonds is 5. The molecule has 0 radical (unpaired) electrons. The van der Waals surface area contributed by atoms with Gasteiger partial charge < -0.3 is 19.1 Å². The molecule has 0 bridgehead atoms. The molecule has 2 heterocycles. The van der Waals surface area contributed by atoms with Crippen molar-refractivity contribution in [3.8, 4) is 17.2 Å². The predicted molar refractivity (Wildman–Crippen MR) is 97.1 cm³/mol. The normalized spacial score (nSPS) is 20.5. The molecular formula is C21H24NO4+. The van der Waals surface area contributed by atoms with E-state index in [1.807, 2.05) is 30.3 Å². The largest absolute Gasteiger partial charge is 0.492 e. The van der Waals surface area contributed by atoms with Gasteiger partial charge in [0.2, 0.25) is 12.5 Å². The average Bonchev–Trinajstić information content (AvgIpc) is 3.11. The smallest absolute Gasteiger partial charge is 0.231 e. The summed E-state index contributed by atoms with van der Waals surface area (Å²) in [6.07, 6.45) is 1.90. The van der Waals surface area contributed by atoms with Crippen LogP contribution in [0.15, 0.2) is 36.4 Å². The van der Waals surface area contributed by atoms with Crippen molar-refractivity contribution >= 4 is 5.78 Å². The highest BCUT2D eigenvalue weighted by Crippen LogP contribution is 2.47. The first kappa shape index (κ1) is 16.9. The Bertz CT molecular complexity index is 819. The Labute approximate surface area is 153 Å². The Morgan fingerprint density at radius 3 is 2.85 bits per heavy atom. The maximum Gasteiger partial charge on any atom is 0.231 e. The van der Waals surface area contributed by atoms with Gasteiger partial charge in [-0.1, -0.05) is 30.3 Å². The van der Waals surface area contributed by atoms with Crippen LogP contribution in [0.2, 0.25) is 0 Å². The third-order valence-electron chi connectivity index (χ3n) is 5.36. The fourth-order valence-corrected chi connectivity index (χ4v) is 4.02. The Hall–Kier alpha value is -2.53. The third kappa shape index (κ3) is 3.03. The van der Waals surface area contributed by atoms with Gasteiger partial charge in [-0.2, -0.15) is 0 Å². The van der Waals surface area contributed by atoms with Crippen LogP contribution in [-0.4, -0.2) is 33.3 Å². The summed E-state index contributed by atoms with van der Waals surface area (Å²) in [5, 5.41) is 0. The van der Waals surface area contributed by atoms with E-state index in [1.54, 1.807) is 7.11 Å². The van der Waals surface area contributed by atoms with E-state index in [2.05, 4.69) is 13.1 Å². The van der Waals surface area contributed by atoms with E-state index >= 15 is 0 Å². The molecule has 2 aromatic rings. The highest BCUT2D eigenvalue weighted by molar-refractivity contribution is 5.81. The summed E-state index contributed by atoms with van der Waals surface area (Å²) in [7, 11) is 3.80. The number of ether oxygens (including phenoxy) is 3. The Morgan fingerprint density at radius 1 is 1.27 bits per heavy atom. The van der Waals surface area contributed by atoms with Gasteiger partial charge >= 0.3 is 0 Å². The number of benzene rings is 2. The number of carbonyl (C=O) groups excluding carboxylic acids is 1. The second kappa shape index (κ2) is 7.00. The number of likely N-dealkylation sites (N-methyl/N-ethyl adjacent to an activating group) is 1. The molecule has 0 spiro atoms. The van der Waals surface area contributed by atoms with E-state index in [0.717, 1.165) is 35.6 Å². The molecule has 0 fully saturated rings. The van der Waals surface area contributed by atoms with Crippen LogP contribution in [0.3, 0.4) is 0 Å². The molecule has 26 heavy (non-hydrogen) atoms. The third-order valence-corrected chi connectivity index (χ3v) is 5.36. The number of hydrogen-bond acceptors (Lipinski definition) is 4. The molecule has 0 aliphatic carbocycles. The number of fused-ring (bicyclic) bond motifs is 2. The molecule has 1 N–H and O–H groups in total. The summed E-state index contributed by atoms with van der Waals surface area (Å²) in [6, 6.07) is 12.0. The highest BCUT2D eigenvalue weighted by Gasteiger charge is 2.37. The van der Waals surface area contributed by atoms with Crippen LogP contribution in [-0.2, 0) is 17.6 Å². The van der Waals surface area contributed by atoms with Crippen molar-refractivity contribution in [1.29, 1.82) is 0 Å². The highest BCUT2D eigenvalue weighted by atomic mass is 16.7. The molecule has 136 valence electrons. The monoisotopic (exact) mass is 354 g/mol. The summed E-state index contributed by atoms with van der Waals surface area (Å²) < 4.78 is 16.9. The topological polar surface area (TPSA) is 49.2 Å². The fourth-order valence-electron chi connectivity index (χ4n) is 4.02. The lowest BCUT2D eigenvalue weighted by atomic mass is 9.87. The van der Waals surface area contributed by atoms with Gasteiger partial charge in [0.15, 0.2) is 11.5 Å². The van der Waals surface area contributed by atoms with Crippen LogP contribution in [0.4, 0.5) is 0 Å². The number of carbonyl (C=O) groups is 1. The molecule has 0 saturated heterocycles. The number of Topliss-reactive ketones (excluding diaryl/α,β-unsaturated/α-hetero) is 1. The summed E-state index contributed by atoms with van der Waals surface area (Å²) in [5.74, 6) is 2.38. The number of ketones is 1. The van der Waals surface area contributed by atoms with Crippen molar-refractivity contribution in [3.63, 3.8) is 0 Å². The number of nitrogens with one attached hydrogen (secondary N) is 1. The minimum atomic E-state index is 0.0689. The lowest BCUT2D eigenvalue weighted by Gasteiger charge is -2.32. The molecule has 2 aromatic carbocycles. The van der Waals surface area contributed by atoms with Crippen LogP contribution in [0.5, 0.6) is 17.2 Å². The van der Waals surface area contributed by atoms with Crippen LogP contribution in [0.1, 0.15) is 29.2 Å². The molecule has 5 nitrogen and oxygen atoms in total.